The maximum atomic E-state index is 13.0. The summed E-state index contributed by atoms with van der Waals surface area (Å²) in [6, 6.07) is 12.3. The van der Waals surface area contributed by atoms with Crippen molar-refractivity contribution in [1.29, 1.82) is 0 Å². The maximum Gasteiger partial charge on any atom is 0.254 e. The van der Waals surface area contributed by atoms with Crippen LogP contribution in [0.2, 0.25) is 0 Å². The summed E-state index contributed by atoms with van der Waals surface area (Å²) in [5, 5.41) is 0. The Morgan fingerprint density at radius 2 is 1.86 bits per heavy atom. The zero-order valence-electron chi connectivity index (χ0n) is 13.4. The molecule has 1 amide bonds. The van der Waals surface area contributed by atoms with Gasteiger partial charge in [0.15, 0.2) is 0 Å². The Hall–Kier alpha value is -2.16. The number of carbonyl (C=O) groups is 1. The van der Waals surface area contributed by atoms with Gasteiger partial charge in [0.1, 0.15) is 0 Å². The summed E-state index contributed by atoms with van der Waals surface area (Å²) in [5.41, 5.74) is 3.99. The molecular weight excluding hydrogens is 272 g/mol. The highest BCUT2D eigenvalue weighted by Crippen LogP contribution is 2.35. The Kier molecular flexibility index (Phi) is 3.97. The van der Waals surface area contributed by atoms with E-state index in [1.54, 1.807) is 6.20 Å². The van der Waals surface area contributed by atoms with Crippen molar-refractivity contribution in [3.05, 3.63) is 65.0 Å². The van der Waals surface area contributed by atoms with Crippen LogP contribution < -0.4 is 0 Å². The molecule has 0 radical (unpaired) electrons. The van der Waals surface area contributed by atoms with Crippen molar-refractivity contribution < 1.29 is 4.79 Å². The topological polar surface area (TPSA) is 33.2 Å². The predicted molar refractivity (Wildman–Crippen MR) is 87.8 cm³/mol. The van der Waals surface area contributed by atoms with Crippen LogP contribution in [-0.4, -0.2) is 21.8 Å². The molecule has 0 N–H and O–H groups in total. The largest absolute Gasteiger partial charge is 0.327 e. The van der Waals surface area contributed by atoms with Gasteiger partial charge >= 0.3 is 0 Å². The summed E-state index contributed by atoms with van der Waals surface area (Å²) < 4.78 is 0. The first-order valence-corrected chi connectivity index (χ1v) is 7.88. The number of pyridine rings is 1. The molecule has 3 rings (SSSR count). The third kappa shape index (κ3) is 3.03. The summed E-state index contributed by atoms with van der Waals surface area (Å²) in [6.07, 6.45) is 3.97. The highest BCUT2D eigenvalue weighted by molar-refractivity contribution is 5.95. The Labute approximate surface area is 132 Å². The van der Waals surface area contributed by atoms with E-state index in [1.807, 2.05) is 49.1 Å². The van der Waals surface area contributed by atoms with Gasteiger partial charge in [0.2, 0.25) is 0 Å². The van der Waals surface area contributed by atoms with Crippen molar-refractivity contribution in [3.8, 4) is 0 Å². The summed E-state index contributed by atoms with van der Waals surface area (Å²) in [7, 11) is 0. The molecule has 1 aromatic heterocycles. The molecular formula is C19H22N2O. The lowest BCUT2D eigenvalue weighted by Gasteiger charge is -2.29. The fourth-order valence-electron chi connectivity index (χ4n) is 3.02. The van der Waals surface area contributed by atoms with Gasteiger partial charge in [-0.2, -0.15) is 0 Å². The Morgan fingerprint density at radius 3 is 2.41 bits per heavy atom. The highest BCUT2D eigenvalue weighted by Gasteiger charge is 2.37. The molecule has 0 saturated heterocycles. The summed E-state index contributed by atoms with van der Waals surface area (Å²) >= 11 is 0. The maximum absolute atomic E-state index is 13.0. The number of aromatic nitrogens is 1. The molecule has 1 aliphatic carbocycles. The summed E-state index contributed by atoms with van der Waals surface area (Å²) in [4.78, 5) is 19.5. The molecule has 3 nitrogen and oxygen atoms in total. The molecule has 1 saturated carbocycles. The minimum atomic E-state index is 0.00187. The molecule has 114 valence electrons. The first-order valence-electron chi connectivity index (χ1n) is 7.88. The van der Waals surface area contributed by atoms with Crippen LogP contribution in [-0.2, 0) is 0 Å². The lowest BCUT2D eigenvalue weighted by molar-refractivity contribution is 0.0670. The molecule has 0 bridgehead atoms. The average molecular weight is 294 g/mol. The zero-order chi connectivity index (χ0) is 15.7. The smallest absolute Gasteiger partial charge is 0.254 e. The van der Waals surface area contributed by atoms with Gasteiger partial charge in [-0.15, -0.1) is 0 Å². The zero-order valence-corrected chi connectivity index (χ0v) is 13.4. The SMILES string of the molecule is Cc1cc(C)cc(C(=O)N(C2CC2)[C@H](C)c2ccccn2)c1. The summed E-state index contributed by atoms with van der Waals surface area (Å²) in [6.45, 7) is 6.14. The second-order valence-corrected chi connectivity index (χ2v) is 6.25. The van der Waals surface area contributed by atoms with Crippen molar-refractivity contribution in [1.82, 2.24) is 9.88 Å². The monoisotopic (exact) mass is 294 g/mol. The third-order valence-electron chi connectivity index (χ3n) is 4.18. The van der Waals surface area contributed by atoms with E-state index in [2.05, 4.69) is 18.0 Å². The minimum absolute atomic E-state index is 0.00187. The average Bonchev–Trinajstić information content (AvgIpc) is 3.32. The van der Waals surface area contributed by atoms with Gasteiger partial charge in [0, 0.05) is 17.8 Å². The lowest BCUT2D eigenvalue weighted by Crippen LogP contribution is -2.36. The molecule has 0 unspecified atom stereocenters. The lowest BCUT2D eigenvalue weighted by atomic mass is 10.0. The van der Waals surface area contributed by atoms with Gasteiger partial charge < -0.3 is 4.90 Å². The highest BCUT2D eigenvalue weighted by atomic mass is 16.2. The number of aryl methyl sites for hydroxylation is 2. The van der Waals surface area contributed by atoms with Crippen LogP contribution in [0.4, 0.5) is 0 Å². The minimum Gasteiger partial charge on any atom is -0.327 e. The van der Waals surface area contributed by atoms with E-state index in [9.17, 15) is 4.79 Å². The number of amides is 1. The second-order valence-electron chi connectivity index (χ2n) is 6.25. The number of carbonyl (C=O) groups excluding carboxylic acids is 1. The van der Waals surface area contributed by atoms with Gasteiger partial charge in [-0.3, -0.25) is 9.78 Å². The van der Waals surface area contributed by atoms with Gasteiger partial charge in [-0.1, -0.05) is 23.3 Å². The Balaban J connectivity index is 1.92. The number of hydrogen-bond donors (Lipinski definition) is 0. The van der Waals surface area contributed by atoms with Gasteiger partial charge in [0.05, 0.1) is 11.7 Å². The standard InChI is InChI=1S/C19H22N2O/c1-13-10-14(2)12-16(11-13)19(22)21(17-7-8-17)15(3)18-6-4-5-9-20-18/h4-6,9-12,15,17H,7-8H2,1-3H3/t15-/m1/s1. The number of rotatable bonds is 4. The van der Waals surface area contributed by atoms with E-state index in [-0.39, 0.29) is 11.9 Å². The first kappa shape index (κ1) is 14.8. The van der Waals surface area contributed by atoms with Crippen LogP contribution in [0.1, 0.15) is 53.0 Å². The quantitative estimate of drug-likeness (QED) is 0.852. The van der Waals surface area contributed by atoms with Gasteiger partial charge in [-0.25, -0.2) is 0 Å². The molecule has 1 atom stereocenters. The summed E-state index contributed by atoms with van der Waals surface area (Å²) in [5.74, 6) is 0.118. The molecule has 22 heavy (non-hydrogen) atoms. The van der Waals surface area contributed by atoms with E-state index < -0.39 is 0 Å². The van der Waals surface area contributed by atoms with E-state index in [4.69, 9.17) is 0 Å². The second kappa shape index (κ2) is 5.91. The van der Waals surface area contributed by atoms with Crippen molar-refractivity contribution in [2.45, 2.75) is 45.7 Å². The predicted octanol–water partition coefficient (Wildman–Crippen LogP) is 4.06. The number of benzene rings is 1. The van der Waals surface area contributed by atoms with E-state index >= 15 is 0 Å². The van der Waals surface area contributed by atoms with Crippen LogP contribution >= 0.6 is 0 Å². The van der Waals surface area contributed by atoms with Crippen LogP contribution in [0, 0.1) is 13.8 Å². The molecule has 2 aromatic rings. The molecule has 1 aliphatic rings. The molecule has 0 aliphatic heterocycles. The normalized spacial score (nSPS) is 15.4. The van der Waals surface area contributed by atoms with Crippen LogP contribution in [0.15, 0.2) is 42.6 Å². The number of nitrogens with zero attached hydrogens (tertiary/aromatic N) is 2. The molecule has 3 heteroatoms. The van der Waals surface area contributed by atoms with Crippen molar-refractivity contribution in [2.24, 2.45) is 0 Å². The van der Waals surface area contributed by atoms with Crippen molar-refractivity contribution in [2.75, 3.05) is 0 Å². The van der Waals surface area contributed by atoms with Gasteiger partial charge in [-0.05, 0) is 57.9 Å². The van der Waals surface area contributed by atoms with Crippen LogP contribution in [0.3, 0.4) is 0 Å². The van der Waals surface area contributed by atoms with Crippen molar-refractivity contribution >= 4 is 5.91 Å². The first-order chi connectivity index (χ1) is 10.6. The van der Waals surface area contributed by atoms with E-state index in [0.29, 0.717) is 6.04 Å². The fraction of sp³-hybridized carbons (Fsp3) is 0.368. The van der Waals surface area contributed by atoms with Gasteiger partial charge in [0.25, 0.3) is 5.91 Å². The molecule has 0 spiro atoms. The Bertz CT molecular complexity index is 657. The molecule has 1 fully saturated rings. The fourth-order valence-corrected chi connectivity index (χ4v) is 3.02. The molecule has 1 aromatic carbocycles. The van der Waals surface area contributed by atoms with Crippen LogP contribution in [0.5, 0.6) is 0 Å². The third-order valence-corrected chi connectivity index (χ3v) is 4.18. The number of hydrogen-bond acceptors (Lipinski definition) is 2. The Morgan fingerprint density at radius 1 is 1.18 bits per heavy atom. The van der Waals surface area contributed by atoms with Crippen molar-refractivity contribution in [3.63, 3.8) is 0 Å². The molecule has 1 heterocycles. The van der Waals surface area contributed by atoms with E-state index in [0.717, 1.165) is 35.2 Å². The van der Waals surface area contributed by atoms with Crippen LogP contribution in [0.25, 0.3) is 0 Å². The van der Waals surface area contributed by atoms with E-state index in [1.165, 1.54) is 0 Å².